The summed E-state index contributed by atoms with van der Waals surface area (Å²) in [5, 5.41) is 52.0. The summed E-state index contributed by atoms with van der Waals surface area (Å²) in [4.78, 5) is 13.5. The zero-order valence-electron chi connectivity index (χ0n) is 18.6. The molecule has 5 N–H and O–H groups in total. The van der Waals surface area contributed by atoms with E-state index in [-0.39, 0.29) is 29.3 Å². The number of hydrogen-bond donors (Lipinski definition) is 5. The fraction of sp³-hybridized carbons (Fsp3) is 0.480. The highest BCUT2D eigenvalue weighted by atomic mass is 16.5. The number of aromatic hydroxyl groups is 2. The lowest BCUT2D eigenvalue weighted by atomic mass is 9.63. The molecule has 0 spiro atoms. The third-order valence-corrected chi connectivity index (χ3v) is 6.52. The van der Waals surface area contributed by atoms with Gasteiger partial charge in [0.25, 0.3) is 0 Å². The number of aliphatic hydroxyl groups excluding tert-OH is 3. The maximum Gasteiger partial charge on any atom is 0.175 e. The van der Waals surface area contributed by atoms with E-state index in [1.54, 1.807) is 6.92 Å². The third kappa shape index (κ3) is 4.60. The van der Waals surface area contributed by atoms with Crippen molar-refractivity contribution in [2.75, 3.05) is 0 Å². The predicted octanol–water partition coefficient (Wildman–Crippen LogP) is 2.67. The van der Waals surface area contributed by atoms with Crippen LogP contribution in [0, 0.1) is 17.8 Å². The predicted molar refractivity (Wildman–Crippen MR) is 120 cm³/mol. The van der Waals surface area contributed by atoms with Gasteiger partial charge < -0.3 is 30.3 Å². The number of phenolic OH excluding ortho intramolecular Hbond substituents is 2. The Morgan fingerprint density at radius 3 is 2.41 bits per heavy atom. The summed E-state index contributed by atoms with van der Waals surface area (Å²) >= 11 is 0. The van der Waals surface area contributed by atoms with E-state index in [0.29, 0.717) is 17.6 Å². The molecule has 1 aromatic carbocycles. The molecule has 0 amide bonds. The molecule has 0 bridgehead atoms. The van der Waals surface area contributed by atoms with Gasteiger partial charge in [0.2, 0.25) is 0 Å². The maximum absolute atomic E-state index is 13.5. The number of hydrogen-bond acceptors (Lipinski definition) is 7. The fourth-order valence-corrected chi connectivity index (χ4v) is 4.60. The number of carbonyl (C=O) groups is 1. The van der Waals surface area contributed by atoms with Crippen LogP contribution >= 0.6 is 0 Å². The van der Waals surface area contributed by atoms with E-state index in [2.05, 4.69) is 6.58 Å². The van der Waals surface area contributed by atoms with E-state index in [4.69, 9.17) is 4.74 Å². The van der Waals surface area contributed by atoms with Crippen molar-refractivity contribution in [2.45, 2.75) is 58.0 Å². The first-order valence-corrected chi connectivity index (χ1v) is 10.8. The van der Waals surface area contributed by atoms with Crippen LogP contribution in [0.25, 0.3) is 5.57 Å². The molecule has 3 rings (SSSR count). The van der Waals surface area contributed by atoms with E-state index >= 15 is 0 Å². The molecule has 1 heterocycles. The second-order valence-electron chi connectivity index (χ2n) is 9.15. The van der Waals surface area contributed by atoms with Crippen molar-refractivity contribution in [1.82, 2.24) is 0 Å². The largest absolute Gasteiger partial charge is 0.504 e. The highest BCUT2D eigenvalue weighted by Crippen LogP contribution is 2.45. The molecule has 1 aliphatic heterocycles. The summed E-state index contributed by atoms with van der Waals surface area (Å²) in [5.74, 6) is -3.22. The van der Waals surface area contributed by atoms with Crippen molar-refractivity contribution >= 4 is 11.4 Å². The Labute approximate surface area is 188 Å². The Morgan fingerprint density at radius 1 is 1.12 bits per heavy atom. The van der Waals surface area contributed by atoms with Gasteiger partial charge in [-0.05, 0) is 51.3 Å². The summed E-state index contributed by atoms with van der Waals surface area (Å²) < 4.78 is 5.92. The Kier molecular flexibility index (Phi) is 7.12. The normalized spacial score (nSPS) is 30.6. The van der Waals surface area contributed by atoms with Crippen LogP contribution in [0.15, 0.2) is 48.3 Å². The number of allylic oxidation sites excluding steroid dienone is 3. The third-order valence-electron chi connectivity index (χ3n) is 6.52. The number of Topliss-reactive ketones (excluding diaryl/α,β-unsaturated/α-hetero) is 1. The zero-order valence-corrected chi connectivity index (χ0v) is 18.6. The number of carbonyl (C=O) groups excluding carboxylic acids is 1. The molecule has 7 nitrogen and oxygen atoms in total. The first-order chi connectivity index (χ1) is 15.0. The number of ketones is 1. The summed E-state index contributed by atoms with van der Waals surface area (Å²) in [6, 6.07) is 4.01. The van der Waals surface area contributed by atoms with Crippen molar-refractivity contribution in [3.8, 4) is 11.5 Å². The monoisotopic (exact) mass is 444 g/mol. The lowest BCUT2D eigenvalue weighted by Gasteiger charge is -2.49. The lowest BCUT2D eigenvalue weighted by Crippen LogP contribution is -2.59. The van der Waals surface area contributed by atoms with E-state index in [9.17, 15) is 30.3 Å². The molecule has 1 aliphatic carbocycles. The number of ether oxygens (including phenoxy) is 1. The first-order valence-electron chi connectivity index (χ1n) is 10.8. The van der Waals surface area contributed by atoms with Crippen molar-refractivity contribution in [3.63, 3.8) is 0 Å². The van der Waals surface area contributed by atoms with Gasteiger partial charge in [-0.1, -0.05) is 29.9 Å². The van der Waals surface area contributed by atoms with Crippen LogP contribution in [0.4, 0.5) is 0 Å². The van der Waals surface area contributed by atoms with Gasteiger partial charge in [0.05, 0.1) is 36.1 Å². The van der Waals surface area contributed by atoms with Crippen LogP contribution in [-0.2, 0) is 9.53 Å². The molecule has 0 aromatic heterocycles. The minimum absolute atomic E-state index is 0.0680. The van der Waals surface area contributed by atoms with Crippen molar-refractivity contribution in [3.05, 3.63) is 53.8 Å². The molecule has 1 aromatic rings. The van der Waals surface area contributed by atoms with E-state index in [1.165, 1.54) is 24.5 Å². The number of aliphatic hydroxyl groups is 3. The number of fused-ring (bicyclic) bond motifs is 1. The van der Waals surface area contributed by atoms with Gasteiger partial charge in [-0.25, -0.2) is 0 Å². The van der Waals surface area contributed by atoms with Crippen LogP contribution < -0.4 is 0 Å². The van der Waals surface area contributed by atoms with Crippen molar-refractivity contribution in [2.24, 2.45) is 17.8 Å². The van der Waals surface area contributed by atoms with E-state index in [1.807, 2.05) is 19.9 Å². The van der Waals surface area contributed by atoms with Crippen LogP contribution in [0.2, 0.25) is 0 Å². The molecule has 174 valence electrons. The summed E-state index contributed by atoms with van der Waals surface area (Å²) in [6.07, 6.45) is -0.117. The minimum atomic E-state index is -1.24. The Morgan fingerprint density at radius 2 is 1.81 bits per heavy atom. The highest BCUT2D eigenvalue weighted by molar-refractivity contribution is 6.22. The molecule has 1 saturated carbocycles. The average Bonchev–Trinajstić information content (AvgIpc) is 2.72. The van der Waals surface area contributed by atoms with Crippen LogP contribution in [0.5, 0.6) is 11.5 Å². The smallest absolute Gasteiger partial charge is 0.175 e. The van der Waals surface area contributed by atoms with Gasteiger partial charge in [-0.2, -0.15) is 0 Å². The molecule has 7 heteroatoms. The van der Waals surface area contributed by atoms with Gasteiger partial charge >= 0.3 is 0 Å². The summed E-state index contributed by atoms with van der Waals surface area (Å²) in [6.45, 7) is 9.29. The standard InChI is InChI=1S/C25H32O7/c1-12(2)5-7-15-22(29)16(10-19(27)13(3)4)23(30)21-24(31)17(11-32-25(15)21)14-6-8-18(26)20(28)9-14/h5-6,8-9,11,15-16,19,21-23,25-30H,3,7,10H2,1-2,4H3. The number of phenols is 2. The molecule has 32 heavy (non-hydrogen) atoms. The van der Waals surface area contributed by atoms with E-state index in [0.717, 1.165) is 5.57 Å². The molecule has 7 atom stereocenters. The topological polar surface area (TPSA) is 127 Å². The Balaban J connectivity index is 2.00. The molecule has 7 unspecified atom stereocenters. The number of benzene rings is 1. The van der Waals surface area contributed by atoms with Crippen molar-refractivity contribution in [1.29, 1.82) is 0 Å². The molecule has 0 saturated heterocycles. The summed E-state index contributed by atoms with van der Waals surface area (Å²) in [5.41, 5.74) is 2.08. The zero-order chi connectivity index (χ0) is 23.7. The van der Waals surface area contributed by atoms with Crippen LogP contribution in [0.1, 0.15) is 39.2 Å². The van der Waals surface area contributed by atoms with Crippen LogP contribution in [-0.4, -0.2) is 55.7 Å². The van der Waals surface area contributed by atoms with Gasteiger partial charge in [-0.15, -0.1) is 0 Å². The number of rotatable bonds is 6. The highest BCUT2D eigenvalue weighted by Gasteiger charge is 2.55. The average molecular weight is 445 g/mol. The quantitative estimate of drug-likeness (QED) is 0.337. The lowest BCUT2D eigenvalue weighted by molar-refractivity contribution is -0.170. The van der Waals surface area contributed by atoms with Gasteiger partial charge in [0, 0.05) is 11.8 Å². The fourth-order valence-electron chi connectivity index (χ4n) is 4.60. The molecule has 2 aliphatic rings. The van der Waals surface area contributed by atoms with Crippen LogP contribution in [0.3, 0.4) is 0 Å². The minimum Gasteiger partial charge on any atom is -0.504 e. The first kappa shape index (κ1) is 24.0. The maximum atomic E-state index is 13.5. The Hall–Kier alpha value is -2.61. The molecular weight excluding hydrogens is 412 g/mol. The Bertz CT molecular complexity index is 944. The second kappa shape index (κ2) is 9.48. The van der Waals surface area contributed by atoms with Gasteiger partial charge in [-0.3, -0.25) is 4.79 Å². The summed E-state index contributed by atoms with van der Waals surface area (Å²) in [7, 11) is 0. The van der Waals surface area contributed by atoms with Gasteiger partial charge in [0.15, 0.2) is 17.3 Å². The molecule has 1 fully saturated rings. The van der Waals surface area contributed by atoms with Crippen molar-refractivity contribution < 1.29 is 35.1 Å². The molecular formula is C25H32O7. The van der Waals surface area contributed by atoms with Gasteiger partial charge in [0.1, 0.15) is 6.10 Å². The SMILES string of the molecule is C=C(C)C(O)CC1C(O)C(CC=C(C)C)C2OC=C(c3ccc(O)c(O)c3)C(=O)C2C1O. The second-order valence-corrected chi connectivity index (χ2v) is 9.15. The van der Waals surface area contributed by atoms with E-state index < -0.39 is 42.2 Å². The molecule has 0 radical (unpaired) electrons.